The van der Waals surface area contributed by atoms with Crippen LogP contribution in [0.25, 0.3) is 0 Å². The first-order valence-electron chi connectivity index (χ1n) is 3.10. The van der Waals surface area contributed by atoms with E-state index in [4.69, 9.17) is 20.4 Å². The van der Waals surface area contributed by atoms with Crippen LogP contribution in [-0.2, 0) is 9.59 Å². The maximum Gasteiger partial charge on any atom is 2.00 e. The summed E-state index contributed by atoms with van der Waals surface area (Å²) in [6.45, 7) is 2.39. The number of hydrogen-bond acceptors (Lipinski definition) is 4. The minimum absolute atomic E-state index is 0. The van der Waals surface area contributed by atoms with Gasteiger partial charge in [-0.05, 0) is 13.8 Å². The van der Waals surface area contributed by atoms with E-state index in [2.05, 4.69) is 0 Å². The third kappa shape index (κ3) is 18.5. The third-order valence-corrected chi connectivity index (χ3v) is 0.715. The van der Waals surface area contributed by atoms with E-state index in [-0.39, 0.29) is 25.9 Å². The van der Waals surface area contributed by atoms with Crippen LogP contribution in [0.1, 0.15) is 16.7 Å². The normalized spacial score (nSPS) is 12.6. The van der Waals surface area contributed by atoms with Crippen LogP contribution in [0, 0.1) is 0 Å². The molecule has 0 aliphatic rings. The van der Waals surface area contributed by atoms with Gasteiger partial charge in [0, 0.05) is 0 Å². The van der Waals surface area contributed by atoms with Gasteiger partial charge in [0.1, 0.15) is 12.2 Å². The van der Waals surface area contributed by atoms with Crippen LogP contribution >= 0.6 is 0 Å². The molecule has 0 fully saturated rings. The van der Waals surface area contributed by atoms with Crippen molar-refractivity contribution < 1.29 is 32.9 Å². The van der Waals surface area contributed by atoms with Crippen LogP contribution in [0.3, 0.4) is 0 Å². The zero-order valence-electron chi connectivity index (χ0n) is 9.47. The molecule has 0 aliphatic carbocycles. The summed E-state index contributed by atoms with van der Waals surface area (Å²) in [4.78, 5) is 18.9. The molecule has 6 nitrogen and oxygen atoms in total. The Labute approximate surface area is 94.3 Å². The van der Waals surface area contributed by atoms with Gasteiger partial charge in [0.05, 0.1) is 0 Å². The van der Waals surface area contributed by atoms with E-state index in [1.165, 1.54) is 13.8 Å². The maximum absolute atomic E-state index is 9.45. The number of aliphatic hydroxyl groups excluding tert-OH is 2. The smallest absolute Gasteiger partial charge is 1.00 e. The Morgan fingerprint density at radius 1 is 1.00 bits per heavy atom. The number of carboxylic acid groups (broad SMARTS) is 2. The number of aliphatic hydroxyl groups is 2. The Hall–Kier alpha value is -0.374. The summed E-state index contributed by atoms with van der Waals surface area (Å²) in [5.41, 5.74) is 0. The second-order valence-corrected chi connectivity index (χ2v) is 2.03. The molecule has 0 saturated carbocycles. The van der Waals surface area contributed by atoms with Crippen LogP contribution in [0.5, 0.6) is 0 Å². The van der Waals surface area contributed by atoms with Crippen molar-refractivity contribution in [3.05, 3.63) is 0 Å². The number of carboxylic acids is 2. The molecule has 76 valence electrons. The van der Waals surface area contributed by atoms with Gasteiger partial charge in [-0.1, -0.05) is 0 Å². The third-order valence-electron chi connectivity index (χ3n) is 0.715. The summed E-state index contributed by atoms with van der Waals surface area (Å²) < 4.78 is 0. The van der Waals surface area contributed by atoms with Gasteiger partial charge in [-0.3, -0.25) is 0 Å². The van der Waals surface area contributed by atoms with Crippen LogP contribution in [-0.4, -0.2) is 67.6 Å². The van der Waals surface area contributed by atoms with Crippen LogP contribution in [0.2, 0.25) is 0 Å². The monoisotopic (exact) mass is 206 g/mol. The summed E-state index contributed by atoms with van der Waals surface area (Å²) in [6.07, 6.45) is -2.46. The van der Waals surface area contributed by atoms with Gasteiger partial charge in [-0.15, -0.1) is 0 Å². The largest absolute Gasteiger partial charge is 2.00 e. The predicted molar refractivity (Wildman–Crippen MR) is 46.6 cm³/mol. The molecule has 2 atom stereocenters. The Morgan fingerprint density at radius 3 is 1.08 bits per heavy atom. The molecule has 0 saturated heterocycles. The fourth-order valence-electron chi connectivity index (χ4n) is 0. The van der Waals surface area contributed by atoms with Crippen molar-refractivity contribution in [2.24, 2.45) is 0 Å². The van der Waals surface area contributed by atoms with Gasteiger partial charge in [0.2, 0.25) is 0 Å². The van der Waals surface area contributed by atoms with Gasteiger partial charge in [0.25, 0.3) is 0 Å². The second kappa shape index (κ2) is 9.71. The van der Waals surface area contributed by atoms with E-state index in [0.29, 0.717) is 0 Å². The fraction of sp³-hybridized carbons (Fsp3) is 0.667. The minimum Gasteiger partial charge on any atom is -1.00 e. The molecular formula is C6H14MgO6. The first kappa shape index (κ1) is 18.4. The molecule has 0 rings (SSSR count). The van der Waals surface area contributed by atoms with E-state index < -0.39 is 24.1 Å². The molecular weight excluding hydrogens is 192 g/mol. The summed E-state index contributed by atoms with van der Waals surface area (Å²) >= 11 is 0. The molecule has 4 N–H and O–H groups in total. The first-order chi connectivity index (χ1) is 5.29. The van der Waals surface area contributed by atoms with Crippen molar-refractivity contribution in [1.82, 2.24) is 0 Å². The molecule has 2 unspecified atom stereocenters. The number of hydrogen-bond donors (Lipinski definition) is 4. The fourth-order valence-corrected chi connectivity index (χ4v) is 0. The van der Waals surface area contributed by atoms with Crippen molar-refractivity contribution in [2.45, 2.75) is 26.1 Å². The number of rotatable bonds is 2. The maximum atomic E-state index is 9.45. The molecule has 0 amide bonds. The van der Waals surface area contributed by atoms with Gasteiger partial charge in [0.15, 0.2) is 0 Å². The summed E-state index contributed by atoms with van der Waals surface area (Å²) in [5.74, 6) is -2.37. The average Bonchev–Trinajstić information content (AvgIpc) is 1.88. The van der Waals surface area contributed by atoms with Crippen molar-refractivity contribution in [2.75, 3.05) is 0 Å². The van der Waals surface area contributed by atoms with E-state index >= 15 is 0 Å². The summed E-state index contributed by atoms with van der Waals surface area (Å²) in [5, 5.41) is 31.5. The van der Waals surface area contributed by atoms with E-state index in [0.717, 1.165) is 0 Å². The van der Waals surface area contributed by atoms with Gasteiger partial charge >= 0.3 is 35.0 Å². The molecule has 7 heteroatoms. The Balaban J connectivity index is -0.0000000370. The molecule has 0 aromatic carbocycles. The number of aliphatic carboxylic acids is 2. The average molecular weight is 206 g/mol. The van der Waals surface area contributed by atoms with Crippen molar-refractivity contribution >= 4 is 35.0 Å². The zero-order valence-corrected chi connectivity index (χ0v) is 8.88. The number of carbonyl (C=O) groups is 2. The Morgan fingerprint density at radius 2 is 1.08 bits per heavy atom. The van der Waals surface area contributed by atoms with Crippen molar-refractivity contribution in [3.8, 4) is 0 Å². The van der Waals surface area contributed by atoms with Crippen LogP contribution in [0.4, 0.5) is 0 Å². The molecule has 0 aromatic rings. The zero-order chi connectivity index (χ0) is 10.3. The SMILES string of the molecule is CC(O)C(=O)O.CC(O)C(=O)O.[H-].[H-].[Mg+2]. The molecule has 0 aliphatic heterocycles. The Kier molecular flexibility index (Phi) is 13.8. The van der Waals surface area contributed by atoms with Gasteiger partial charge in [-0.2, -0.15) is 0 Å². The quantitative estimate of drug-likeness (QED) is 0.420. The first-order valence-corrected chi connectivity index (χ1v) is 3.10. The summed E-state index contributed by atoms with van der Waals surface area (Å²) in [6, 6.07) is 0. The Bertz CT molecular complexity index is 146. The molecule has 0 heterocycles. The van der Waals surface area contributed by atoms with E-state index in [9.17, 15) is 9.59 Å². The molecule has 13 heavy (non-hydrogen) atoms. The molecule has 0 bridgehead atoms. The van der Waals surface area contributed by atoms with Crippen molar-refractivity contribution in [1.29, 1.82) is 0 Å². The van der Waals surface area contributed by atoms with Gasteiger partial charge in [-0.25, -0.2) is 9.59 Å². The van der Waals surface area contributed by atoms with E-state index in [1.807, 2.05) is 0 Å². The summed E-state index contributed by atoms with van der Waals surface area (Å²) in [7, 11) is 0. The molecule has 0 spiro atoms. The topological polar surface area (TPSA) is 115 Å². The standard InChI is InChI=1S/2C3H6O3.Mg.2H/c2*1-2(4)3(5)6;;;/h2*2,4H,1H3,(H,5,6);;;/q;;+2;2*-1. The second-order valence-electron chi connectivity index (χ2n) is 2.03. The molecule has 0 aromatic heterocycles. The minimum atomic E-state index is -1.23. The van der Waals surface area contributed by atoms with Gasteiger partial charge < -0.3 is 23.3 Å². The van der Waals surface area contributed by atoms with Crippen molar-refractivity contribution in [3.63, 3.8) is 0 Å². The van der Waals surface area contributed by atoms with E-state index in [1.54, 1.807) is 0 Å². The van der Waals surface area contributed by atoms with Crippen LogP contribution < -0.4 is 0 Å². The predicted octanol–water partition coefficient (Wildman–Crippen LogP) is -1.25. The molecule has 0 radical (unpaired) electrons. The van der Waals surface area contributed by atoms with Crippen LogP contribution in [0.15, 0.2) is 0 Å².